The summed E-state index contributed by atoms with van der Waals surface area (Å²) in [6.45, 7) is 2.28. The van der Waals surface area contributed by atoms with Crippen LogP contribution in [0.4, 0.5) is 10.5 Å². The molecule has 38 heavy (non-hydrogen) atoms. The number of anilines is 1. The molecule has 1 saturated heterocycles. The van der Waals surface area contributed by atoms with E-state index in [1.165, 1.54) is 42.5 Å². The van der Waals surface area contributed by atoms with Crippen LogP contribution < -0.4 is 19.7 Å². The number of hydrogen-bond acceptors (Lipinski definition) is 6. The zero-order valence-corrected chi connectivity index (χ0v) is 21.4. The van der Waals surface area contributed by atoms with Gasteiger partial charge in [-0.2, -0.15) is 0 Å². The first-order chi connectivity index (χ1) is 18.2. The molecule has 0 saturated carbocycles. The zero-order valence-electron chi connectivity index (χ0n) is 19.9. The van der Waals surface area contributed by atoms with Gasteiger partial charge < -0.3 is 14.6 Å². The van der Waals surface area contributed by atoms with E-state index in [9.17, 15) is 19.2 Å². The third kappa shape index (κ3) is 5.80. The molecule has 1 fully saturated rings. The van der Waals surface area contributed by atoms with E-state index in [-0.39, 0.29) is 44.8 Å². The molecule has 1 aliphatic heterocycles. The van der Waals surface area contributed by atoms with Gasteiger partial charge in [0, 0.05) is 10.6 Å². The van der Waals surface area contributed by atoms with Crippen molar-refractivity contribution in [1.29, 1.82) is 0 Å². The first-order valence-corrected chi connectivity index (χ1v) is 12.0. The normalized spacial score (nSPS) is 14.4. The van der Waals surface area contributed by atoms with E-state index in [2.05, 4.69) is 5.32 Å². The molecule has 0 atom stereocenters. The number of nitrogens with one attached hydrogen (secondary N) is 1. The number of hydrogen-bond donors (Lipinski definition) is 2. The summed E-state index contributed by atoms with van der Waals surface area (Å²) >= 11 is 12.5. The number of nitrogens with zero attached hydrogens (tertiary/aromatic N) is 1. The fraction of sp³-hybridized carbons (Fsp3) is 0.111. The van der Waals surface area contributed by atoms with E-state index >= 15 is 0 Å². The van der Waals surface area contributed by atoms with Crippen LogP contribution in [0.25, 0.3) is 6.08 Å². The highest BCUT2D eigenvalue weighted by atomic mass is 35.5. The summed E-state index contributed by atoms with van der Waals surface area (Å²) in [6.07, 6.45) is 1.24. The van der Waals surface area contributed by atoms with E-state index in [1.54, 1.807) is 24.3 Å². The fourth-order valence-corrected chi connectivity index (χ4v) is 4.21. The van der Waals surface area contributed by atoms with Crippen molar-refractivity contribution in [3.8, 4) is 11.5 Å². The molecule has 4 amide bonds. The largest absolute Gasteiger partial charge is 0.494 e. The van der Waals surface area contributed by atoms with E-state index in [4.69, 9.17) is 37.8 Å². The minimum absolute atomic E-state index is 0.00829. The number of barbiturate groups is 1. The van der Waals surface area contributed by atoms with Crippen LogP contribution in [-0.2, 0) is 16.2 Å². The number of benzene rings is 3. The molecule has 194 valence electrons. The second-order valence-electron chi connectivity index (χ2n) is 7.98. The van der Waals surface area contributed by atoms with E-state index in [1.807, 2.05) is 6.92 Å². The molecular formula is C27H20Cl2N2O7. The lowest BCUT2D eigenvalue weighted by atomic mass is 10.1. The van der Waals surface area contributed by atoms with Crippen molar-refractivity contribution in [2.24, 2.45) is 0 Å². The molecule has 3 aromatic carbocycles. The van der Waals surface area contributed by atoms with Gasteiger partial charge in [0.15, 0.2) is 0 Å². The lowest BCUT2D eigenvalue weighted by Gasteiger charge is -2.26. The topological polar surface area (TPSA) is 122 Å². The van der Waals surface area contributed by atoms with Crippen LogP contribution in [0.15, 0.2) is 66.2 Å². The van der Waals surface area contributed by atoms with Crippen molar-refractivity contribution >= 4 is 58.8 Å². The number of urea groups is 1. The molecule has 2 N–H and O–H groups in total. The molecule has 0 spiro atoms. The molecule has 0 aliphatic carbocycles. The number of halogens is 2. The number of carboxylic acids is 1. The SMILES string of the molecule is CCOc1ccc(N2C(=O)NC(=O)/C(=C\c3cc(Cl)cc(Cl)c3OCc3ccc(C(=O)O)cc3)C2=O)cc1. The Bertz CT molecular complexity index is 1450. The van der Waals surface area contributed by atoms with Gasteiger partial charge in [0.05, 0.1) is 22.9 Å². The monoisotopic (exact) mass is 554 g/mol. The molecule has 0 bridgehead atoms. The Morgan fingerprint density at radius 3 is 2.32 bits per heavy atom. The van der Waals surface area contributed by atoms with Crippen molar-refractivity contribution in [3.63, 3.8) is 0 Å². The summed E-state index contributed by atoms with van der Waals surface area (Å²) in [5.74, 6) is -2.11. The van der Waals surface area contributed by atoms with E-state index < -0.39 is 23.8 Å². The average Bonchev–Trinajstić information content (AvgIpc) is 2.87. The molecule has 0 radical (unpaired) electrons. The van der Waals surface area contributed by atoms with Gasteiger partial charge in [0.2, 0.25) is 0 Å². The number of imide groups is 2. The Kier molecular flexibility index (Phi) is 7.99. The summed E-state index contributed by atoms with van der Waals surface area (Å²) in [6, 6.07) is 14.3. The van der Waals surface area contributed by atoms with Crippen molar-refractivity contribution in [2.45, 2.75) is 13.5 Å². The molecule has 1 aliphatic rings. The number of aromatic carboxylic acids is 1. The standard InChI is InChI=1S/C27H20Cl2N2O7/c1-2-37-20-9-7-19(8-10-20)31-25(33)21(24(32)30-27(31)36)12-17-11-18(28)13-22(29)23(17)38-14-15-3-5-16(6-4-15)26(34)35/h3-13H,2,14H2,1H3,(H,34,35)(H,30,32,36)/b21-12+. The van der Waals surface area contributed by atoms with Gasteiger partial charge in [-0.1, -0.05) is 35.3 Å². The molecule has 11 heteroatoms. The molecule has 1 heterocycles. The molecule has 4 rings (SSSR count). The maximum atomic E-state index is 13.3. The molecule has 0 aromatic heterocycles. The Hall–Kier alpha value is -4.34. The zero-order chi connectivity index (χ0) is 27.4. The lowest BCUT2D eigenvalue weighted by molar-refractivity contribution is -0.122. The predicted octanol–water partition coefficient (Wildman–Crippen LogP) is 5.34. The third-order valence-electron chi connectivity index (χ3n) is 5.43. The van der Waals surface area contributed by atoms with Crippen molar-refractivity contribution in [2.75, 3.05) is 11.5 Å². The van der Waals surface area contributed by atoms with Crippen LogP contribution in [0.2, 0.25) is 10.0 Å². The van der Waals surface area contributed by atoms with Gasteiger partial charge in [0.1, 0.15) is 23.7 Å². The van der Waals surface area contributed by atoms with Gasteiger partial charge in [0.25, 0.3) is 11.8 Å². The number of carbonyl (C=O) groups is 4. The third-order valence-corrected chi connectivity index (χ3v) is 5.93. The molecule has 0 unspecified atom stereocenters. The summed E-state index contributed by atoms with van der Waals surface area (Å²) in [5, 5.41) is 11.6. The summed E-state index contributed by atoms with van der Waals surface area (Å²) in [5.41, 5.74) is 0.895. The van der Waals surface area contributed by atoms with Gasteiger partial charge >= 0.3 is 12.0 Å². The molecule has 3 aromatic rings. The van der Waals surface area contributed by atoms with Crippen LogP contribution in [0.5, 0.6) is 11.5 Å². The number of carboxylic acid groups (broad SMARTS) is 1. The summed E-state index contributed by atoms with van der Waals surface area (Å²) in [7, 11) is 0. The van der Waals surface area contributed by atoms with E-state index in [0.717, 1.165) is 4.90 Å². The van der Waals surface area contributed by atoms with Crippen molar-refractivity contribution in [1.82, 2.24) is 5.32 Å². The number of amides is 4. The smallest absolute Gasteiger partial charge is 0.335 e. The van der Waals surface area contributed by atoms with Crippen LogP contribution in [-0.4, -0.2) is 35.5 Å². The van der Waals surface area contributed by atoms with E-state index in [0.29, 0.717) is 17.9 Å². The van der Waals surface area contributed by atoms with Crippen molar-refractivity contribution < 1.29 is 33.8 Å². The maximum absolute atomic E-state index is 13.3. The highest BCUT2D eigenvalue weighted by Crippen LogP contribution is 2.35. The van der Waals surface area contributed by atoms with Crippen LogP contribution in [0, 0.1) is 0 Å². The number of rotatable bonds is 8. The Labute approximate surface area is 227 Å². The highest BCUT2D eigenvalue weighted by molar-refractivity contribution is 6.40. The molecule has 9 nitrogen and oxygen atoms in total. The highest BCUT2D eigenvalue weighted by Gasteiger charge is 2.37. The van der Waals surface area contributed by atoms with Gasteiger partial charge in [-0.3, -0.25) is 14.9 Å². The average molecular weight is 555 g/mol. The second-order valence-corrected chi connectivity index (χ2v) is 8.83. The van der Waals surface area contributed by atoms with Crippen LogP contribution in [0.1, 0.15) is 28.4 Å². The maximum Gasteiger partial charge on any atom is 0.335 e. The van der Waals surface area contributed by atoms with Gasteiger partial charge in [-0.05, 0) is 67.1 Å². The Morgan fingerprint density at radius 2 is 1.68 bits per heavy atom. The minimum Gasteiger partial charge on any atom is -0.494 e. The minimum atomic E-state index is -1.06. The van der Waals surface area contributed by atoms with Crippen LogP contribution in [0.3, 0.4) is 0 Å². The Balaban J connectivity index is 1.65. The summed E-state index contributed by atoms with van der Waals surface area (Å²) < 4.78 is 11.3. The van der Waals surface area contributed by atoms with Gasteiger partial charge in [-0.25, -0.2) is 14.5 Å². The summed E-state index contributed by atoms with van der Waals surface area (Å²) in [4.78, 5) is 50.4. The number of carbonyl (C=O) groups excluding carboxylic acids is 3. The predicted molar refractivity (Wildman–Crippen MR) is 141 cm³/mol. The second kappa shape index (κ2) is 11.4. The molecular weight excluding hydrogens is 535 g/mol. The first kappa shape index (κ1) is 26.7. The first-order valence-electron chi connectivity index (χ1n) is 11.3. The number of ether oxygens (including phenoxy) is 2. The lowest BCUT2D eigenvalue weighted by Crippen LogP contribution is -2.54. The Morgan fingerprint density at radius 1 is 1.00 bits per heavy atom. The van der Waals surface area contributed by atoms with Gasteiger partial charge in [-0.15, -0.1) is 0 Å². The van der Waals surface area contributed by atoms with Crippen molar-refractivity contribution in [3.05, 3.63) is 93.0 Å². The quantitative estimate of drug-likeness (QED) is 0.284. The van der Waals surface area contributed by atoms with Crippen LogP contribution >= 0.6 is 23.2 Å². The fourth-order valence-electron chi connectivity index (χ4n) is 3.64.